The molecule has 4 aliphatic rings. The molecule has 3 saturated carbocycles. The van der Waals surface area contributed by atoms with Gasteiger partial charge in [-0.3, -0.25) is 14.4 Å². The van der Waals surface area contributed by atoms with Crippen molar-refractivity contribution in [2.45, 2.75) is 58.8 Å². The maximum Gasteiger partial charge on any atom is 0.222 e. The van der Waals surface area contributed by atoms with Gasteiger partial charge in [-0.05, 0) is 74.9 Å². The van der Waals surface area contributed by atoms with Crippen LogP contribution < -0.4 is 0 Å². The quantitative estimate of drug-likeness (QED) is 0.645. The van der Waals surface area contributed by atoms with E-state index in [1.807, 2.05) is 6.92 Å². The van der Waals surface area contributed by atoms with E-state index < -0.39 is 5.41 Å². The highest BCUT2D eigenvalue weighted by atomic mass is 16.2. The summed E-state index contributed by atoms with van der Waals surface area (Å²) < 4.78 is 0. The Morgan fingerprint density at radius 3 is 2.59 bits per heavy atom. The second-order valence-electron chi connectivity index (χ2n) is 8.25. The molecule has 1 unspecified atom stereocenters. The Bertz CT molecular complexity index is 616. The molecule has 0 heterocycles. The van der Waals surface area contributed by atoms with E-state index >= 15 is 0 Å². The van der Waals surface area contributed by atoms with Crippen LogP contribution in [0.25, 0.3) is 0 Å². The Balaban J connectivity index is 1.76. The first-order valence-electron chi connectivity index (χ1n) is 8.73. The Labute approximate surface area is 131 Å². The van der Waals surface area contributed by atoms with Crippen molar-refractivity contribution in [3.8, 4) is 0 Å². The predicted molar refractivity (Wildman–Crippen MR) is 82.1 cm³/mol. The minimum absolute atomic E-state index is 0.219. The Hall–Kier alpha value is -1.25. The maximum atomic E-state index is 12.8. The highest BCUT2D eigenvalue weighted by Gasteiger charge is 2.60. The largest absolute Gasteiger partial charge is 0.299 e. The number of hydrogen-bond acceptors (Lipinski definition) is 3. The minimum atomic E-state index is -0.570. The summed E-state index contributed by atoms with van der Waals surface area (Å²) in [6.45, 7) is 4.12. The van der Waals surface area contributed by atoms with Crippen molar-refractivity contribution in [2.75, 3.05) is 0 Å². The summed E-state index contributed by atoms with van der Waals surface area (Å²) in [5.74, 6) is 0.990. The second-order valence-corrected chi connectivity index (χ2v) is 8.25. The number of carbonyl (C=O) groups excluding carboxylic acids is 3. The zero-order valence-corrected chi connectivity index (χ0v) is 13.5. The number of hydrogen-bond donors (Lipinski definition) is 0. The first-order valence-corrected chi connectivity index (χ1v) is 8.73. The molecule has 0 aromatic carbocycles. The lowest BCUT2D eigenvalue weighted by molar-refractivity contribution is -0.148. The van der Waals surface area contributed by atoms with Gasteiger partial charge in [0.25, 0.3) is 0 Å². The standard InChI is InChI=1S/C19H24O3/c1-18-9-8-13-12(14(18)10-15(20)17(18)22)7-6-11-4-3-5-16(21)19(11,13)2/h10-13H,3-9H2,1-2H3/t11?,12-,13+,18+,19+/m1/s1. The molecular formula is C19H24O3. The van der Waals surface area contributed by atoms with E-state index in [9.17, 15) is 14.4 Å². The highest BCUT2D eigenvalue weighted by molar-refractivity contribution is 6.46. The fourth-order valence-corrected chi connectivity index (χ4v) is 6.12. The summed E-state index contributed by atoms with van der Waals surface area (Å²) >= 11 is 0. The summed E-state index contributed by atoms with van der Waals surface area (Å²) in [5.41, 5.74) is 0.258. The monoisotopic (exact) mass is 300 g/mol. The molecule has 4 aliphatic carbocycles. The van der Waals surface area contributed by atoms with Gasteiger partial charge < -0.3 is 0 Å². The molecule has 0 bridgehead atoms. The van der Waals surface area contributed by atoms with Crippen molar-refractivity contribution in [3.63, 3.8) is 0 Å². The van der Waals surface area contributed by atoms with Gasteiger partial charge >= 0.3 is 0 Å². The number of rotatable bonds is 0. The van der Waals surface area contributed by atoms with E-state index in [1.165, 1.54) is 6.42 Å². The van der Waals surface area contributed by atoms with Crippen LogP contribution in [0.5, 0.6) is 0 Å². The van der Waals surface area contributed by atoms with E-state index in [2.05, 4.69) is 6.92 Å². The number of fused-ring (bicyclic) bond motifs is 5. The Morgan fingerprint density at radius 2 is 1.82 bits per heavy atom. The van der Waals surface area contributed by atoms with Crippen LogP contribution >= 0.6 is 0 Å². The van der Waals surface area contributed by atoms with Gasteiger partial charge in [0, 0.05) is 11.8 Å². The van der Waals surface area contributed by atoms with Gasteiger partial charge in [-0.15, -0.1) is 0 Å². The van der Waals surface area contributed by atoms with E-state index in [1.54, 1.807) is 6.08 Å². The normalized spacial score (nSPS) is 47.6. The molecule has 0 aromatic rings. The second kappa shape index (κ2) is 4.39. The Kier molecular flexibility index (Phi) is 2.87. The molecule has 22 heavy (non-hydrogen) atoms. The average molecular weight is 300 g/mol. The topological polar surface area (TPSA) is 51.2 Å². The zero-order chi connectivity index (χ0) is 15.7. The predicted octanol–water partition coefficient (Wildman–Crippen LogP) is 3.27. The molecule has 3 heteroatoms. The molecule has 0 N–H and O–H groups in total. The van der Waals surface area contributed by atoms with Gasteiger partial charge in [0.15, 0.2) is 0 Å². The van der Waals surface area contributed by atoms with Gasteiger partial charge in [-0.25, -0.2) is 0 Å². The lowest BCUT2D eigenvalue weighted by atomic mass is 9.46. The van der Waals surface area contributed by atoms with Crippen LogP contribution in [0.1, 0.15) is 58.8 Å². The van der Waals surface area contributed by atoms with E-state index in [0.717, 1.165) is 37.7 Å². The lowest BCUT2D eigenvalue weighted by Gasteiger charge is -2.56. The molecule has 0 radical (unpaired) electrons. The van der Waals surface area contributed by atoms with E-state index in [0.29, 0.717) is 24.0 Å². The molecule has 0 saturated heterocycles. The van der Waals surface area contributed by atoms with Crippen molar-refractivity contribution in [3.05, 3.63) is 11.6 Å². The van der Waals surface area contributed by atoms with Gasteiger partial charge in [-0.2, -0.15) is 0 Å². The number of ketones is 3. The van der Waals surface area contributed by atoms with Gasteiger partial charge in [-0.1, -0.05) is 6.92 Å². The molecule has 3 fully saturated rings. The maximum absolute atomic E-state index is 12.8. The third-order valence-electron chi connectivity index (χ3n) is 7.49. The summed E-state index contributed by atoms with van der Waals surface area (Å²) in [5, 5.41) is 0. The van der Waals surface area contributed by atoms with Crippen LogP contribution in [0.3, 0.4) is 0 Å². The van der Waals surface area contributed by atoms with Crippen LogP contribution in [-0.4, -0.2) is 17.3 Å². The Morgan fingerprint density at radius 1 is 1.05 bits per heavy atom. The molecular weight excluding hydrogens is 276 g/mol. The molecule has 3 nitrogen and oxygen atoms in total. The fraction of sp³-hybridized carbons (Fsp3) is 0.737. The summed E-state index contributed by atoms with van der Waals surface area (Å²) in [4.78, 5) is 37.0. The lowest BCUT2D eigenvalue weighted by Crippen LogP contribution is -2.54. The van der Waals surface area contributed by atoms with Crippen LogP contribution in [0, 0.1) is 28.6 Å². The van der Waals surface area contributed by atoms with Crippen molar-refractivity contribution in [2.24, 2.45) is 28.6 Å². The average Bonchev–Trinajstić information content (AvgIpc) is 2.72. The minimum Gasteiger partial charge on any atom is -0.299 e. The van der Waals surface area contributed by atoms with Gasteiger partial charge in [0.2, 0.25) is 11.6 Å². The summed E-state index contributed by atoms with van der Waals surface area (Å²) in [6.07, 6.45) is 8.30. The van der Waals surface area contributed by atoms with Crippen LogP contribution in [0.4, 0.5) is 0 Å². The SMILES string of the molecule is C[C@]12CC[C@H]3[C@@H](CCC4CCCC(=O)[C@@]43C)C1=CC(=O)C2=O. The zero-order valence-electron chi connectivity index (χ0n) is 13.5. The molecule has 5 atom stereocenters. The van der Waals surface area contributed by atoms with E-state index in [-0.39, 0.29) is 22.9 Å². The molecule has 0 aliphatic heterocycles. The summed E-state index contributed by atoms with van der Waals surface area (Å²) in [7, 11) is 0. The third-order valence-corrected chi connectivity index (χ3v) is 7.49. The number of carbonyl (C=O) groups is 3. The molecule has 4 rings (SSSR count). The van der Waals surface area contributed by atoms with Gasteiger partial charge in [0.1, 0.15) is 5.78 Å². The molecule has 0 amide bonds. The van der Waals surface area contributed by atoms with Crippen LogP contribution in [0.15, 0.2) is 11.6 Å². The van der Waals surface area contributed by atoms with Crippen molar-refractivity contribution in [1.82, 2.24) is 0 Å². The van der Waals surface area contributed by atoms with Crippen LogP contribution in [-0.2, 0) is 14.4 Å². The van der Waals surface area contributed by atoms with Crippen molar-refractivity contribution >= 4 is 17.3 Å². The fourth-order valence-electron chi connectivity index (χ4n) is 6.12. The third kappa shape index (κ3) is 1.55. The first-order chi connectivity index (χ1) is 10.4. The number of allylic oxidation sites excluding steroid dienone is 2. The first kappa shape index (κ1) is 14.3. The smallest absolute Gasteiger partial charge is 0.222 e. The van der Waals surface area contributed by atoms with Gasteiger partial charge in [0.05, 0.1) is 5.41 Å². The molecule has 0 spiro atoms. The summed E-state index contributed by atoms with van der Waals surface area (Å²) in [6, 6.07) is 0. The molecule has 118 valence electrons. The number of Topliss-reactive ketones (excluding diaryl/α,β-unsaturated/α-hetero) is 2. The van der Waals surface area contributed by atoms with Crippen molar-refractivity contribution < 1.29 is 14.4 Å². The van der Waals surface area contributed by atoms with Crippen LogP contribution in [0.2, 0.25) is 0 Å². The van der Waals surface area contributed by atoms with Crippen molar-refractivity contribution in [1.29, 1.82) is 0 Å². The molecule has 0 aromatic heterocycles. The van der Waals surface area contributed by atoms with E-state index in [4.69, 9.17) is 0 Å². The highest BCUT2D eigenvalue weighted by Crippen LogP contribution is 2.62.